The number of anilines is 1. The molecular weight excluding hydrogens is 509 g/mol. The van der Waals surface area contributed by atoms with Crippen LogP contribution in [0.15, 0.2) is 47.4 Å². The molecule has 4 atom stereocenters. The van der Waals surface area contributed by atoms with Gasteiger partial charge < -0.3 is 25.2 Å². The molecule has 0 bridgehead atoms. The van der Waals surface area contributed by atoms with E-state index in [0.717, 1.165) is 0 Å². The number of unbranched alkanes of at least 4 members (excludes halogenated alkanes) is 3. The summed E-state index contributed by atoms with van der Waals surface area (Å²) in [7, 11) is 0. The third-order valence-corrected chi connectivity index (χ3v) is 6.02. The van der Waals surface area contributed by atoms with Crippen LogP contribution in [0.25, 0.3) is 0 Å². The summed E-state index contributed by atoms with van der Waals surface area (Å²) in [6.07, 6.45) is -4.20. The van der Waals surface area contributed by atoms with Crippen molar-refractivity contribution in [1.29, 1.82) is 0 Å². The van der Waals surface area contributed by atoms with Gasteiger partial charge in [-0.05, 0) is 37.5 Å². The molecule has 1 aliphatic rings. The van der Waals surface area contributed by atoms with Gasteiger partial charge in [0.25, 0.3) is 5.91 Å². The highest BCUT2D eigenvalue weighted by molar-refractivity contribution is 6.03. The van der Waals surface area contributed by atoms with Gasteiger partial charge in [-0.1, -0.05) is 38.0 Å². The summed E-state index contributed by atoms with van der Waals surface area (Å²) in [6.45, 7) is 1.97. The lowest BCUT2D eigenvalue weighted by Gasteiger charge is -2.22. The van der Waals surface area contributed by atoms with Crippen molar-refractivity contribution in [2.24, 2.45) is 0 Å². The Morgan fingerprint density at radius 2 is 1.84 bits per heavy atom. The molecule has 13 heteroatoms. The van der Waals surface area contributed by atoms with Crippen molar-refractivity contribution in [2.75, 3.05) is 18.5 Å². The van der Waals surface area contributed by atoms with Crippen molar-refractivity contribution in [2.45, 2.75) is 69.7 Å². The van der Waals surface area contributed by atoms with Crippen molar-refractivity contribution < 1.29 is 37.3 Å². The molecule has 1 saturated heterocycles. The highest BCUT2D eigenvalue weighted by atomic mass is 19.4. The number of nitrogens with one attached hydrogen (secondary N) is 2. The van der Waals surface area contributed by atoms with Crippen LogP contribution in [0.1, 0.15) is 55.6 Å². The Labute approximate surface area is 217 Å². The first-order valence-corrected chi connectivity index (χ1v) is 12.4. The number of hydrogen-bond acceptors (Lipinski definition) is 7. The van der Waals surface area contributed by atoms with E-state index in [4.69, 9.17) is 9.47 Å². The maximum absolute atomic E-state index is 12.8. The zero-order valence-electron chi connectivity index (χ0n) is 20.8. The van der Waals surface area contributed by atoms with E-state index in [1.165, 1.54) is 16.8 Å². The number of aliphatic hydroxyl groups is 1. The third kappa shape index (κ3) is 7.85. The van der Waals surface area contributed by atoms with Gasteiger partial charge in [0.2, 0.25) is 0 Å². The van der Waals surface area contributed by atoms with Gasteiger partial charge in [0, 0.05) is 24.9 Å². The quantitative estimate of drug-likeness (QED) is 0.353. The molecule has 2 aromatic rings. The summed E-state index contributed by atoms with van der Waals surface area (Å²) < 4.78 is 49.5. The monoisotopic (exact) mass is 540 g/mol. The number of aliphatic hydroxyl groups excluding tert-OH is 1. The second-order valence-electron chi connectivity index (χ2n) is 8.79. The lowest BCUT2D eigenvalue weighted by Crippen LogP contribution is -2.38. The second kappa shape index (κ2) is 13.5. The molecule has 0 radical (unpaired) electrons. The molecule has 1 aliphatic heterocycles. The molecule has 0 aliphatic carbocycles. The van der Waals surface area contributed by atoms with Crippen LogP contribution in [0.3, 0.4) is 0 Å². The van der Waals surface area contributed by atoms with Crippen LogP contribution in [-0.2, 0) is 14.3 Å². The first-order valence-electron chi connectivity index (χ1n) is 12.4. The third-order valence-electron chi connectivity index (χ3n) is 6.02. The zero-order valence-corrected chi connectivity index (χ0v) is 20.8. The van der Waals surface area contributed by atoms with Gasteiger partial charge in [-0.3, -0.25) is 14.2 Å². The second-order valence-corrected chi connectivity index (χ2v) is 8.79. The van der Waals surface area contributed by atoms with Crippen molar-refractivity contribution in [1.82, 2.24) is 14.9 Å². The lowest BCUT2D eigenvalue weighted by atomic mass is 10.1. The average Bonchev–Trinajstić information content (AvgIpc) is 3.20. The number of ether oxygens (including phenoxy) is 2. The summed E-state index contributed by atoms with van der Waals surface area (Å²) in [5.74, 6) is -2.31. The summed E-state index contributed by atoms with van der Waals surface area (Å²) >= 11 is 0. The number of alkyl halides is 3. The molecule has 3 rings (SSSR count). The average molecular weight is 541 g/mol. The zero-order chi connectivity index (χ0) is 27.7. The maximum Gasteiger partial charge on any atom is 0.471 e. The Kier molecular flexibility index (Phi) is 10.4. The number of aromatic nitrogens is 2. The first-order chi connectivity index (χ1) is 18.1. The molecule has 1 unspecified atom stereocenters. The summed E-state index contributed by atoms with van der Waals surface area (Å²) in [5, 5.41) is 15.1. The van der Waals surface area contributed by atoms with Crippen molar-refractivity contribution in [3.05, 3.63) is 58.6 Å². The highest BCUT2D eigenvalue weighted by Crippen LogP contribution is 2.32. The topological polar surface area (TPSA) is 132 Å². The summed E-state index contributed by atoms with van der Waals surface area (Å²) in [4.78, 5) is 39.8. The standard InChI is InChI=1S/C25H31F3N4O6/c1-2-17-19(33)20(37-15-9-4-3-8-13-29-23(35)25(26,27)28)22(38-17)32-14-12-18(31-24(32)36)30-21(34)16-10-6-5-7-11-16/h5-7,10-12,14,17,19-20,22,33H,2-4,8-9,13,15H2,1H3,(H,29,35)(H,30,31,34,36)/t17-,19+,20?,22-/m1/s1. The molecule has 1 fully saturated rings. The Bertz CT molecular complexity index is 1130. The van der Waals surface area contributed by atoms with E-state index in [9.17, 15) is 32.7 Å². The number of hydrogen-bond donors (Lipinski definition) is 3. The van der Waals surface area contributed by atoms with Crippen LogP contribution in [0.5, 0.6) is 0 Å². The van der Waals surface area contributed by atoms with Crippen LogP contribution in [0, 0.1) is 0 Å². The predicted molar refractivity (Wildman–Crippen MR) is 130 cm³/mol. The maximum atomic E-state index is 12.8. The fraction of sp³-hybridized carbons (Fsp3) is 0.520. The summed E-state index contributed by atoms with van der Waals surface area (Å²) in [5.41, 5.74) is -0.287. The van der Waals surface area contributed by atoms with Gasteiger partial charge in [0.1, 0.15) is 18.0 Å². The number of amides is 2. The van der Waals surface area contributed by atoms with Gasteiger partial charge in [0.15, 0.2) is 6.23 Å². The molecule has 2 heterocycles. The molecule has 10 nitrogen and oxygen atoms in total. The van der Waals surface area contributed by atoms with Crippen molar-refractivity contribution in [3.8, 4) is 0 Å². The number of rotatable bonds is 12. The molecule has 1 aromatic carbocycles. The van der Waals surface area contributed by atoms with Crippen LogP contribution in [-0.4, -0.2) is 64.1 Å². The van der Waals surface area contributed by atoms with Crippen LogP contribution in [0.2, 0.25) is 0 Å². The number of halogens is 3. The number of carbonyl (C=O) groups is 2. The van der Waals surface area contributed by atoms with Gasteiger partial charge in [-0.15, -0.1) is 0 Å². The molecule has 1 aromatic heterocycles. The number of nitrogens with zero attached hydrogens (tertiary/aromatic N) is 2. The van der Waals surface area contributed by atoms with Gasteiger partial charge in [-0.2, -0.15) is 18.2 Å². The van der Waals surface area contributed by atoms with E-state index < -0.39 is 48.2 Å². The molecule has 208 valence electrons. The molecule has 38 heavy (non-hydrogen) atoms. The molecule has 0 saturated carbocycles. The number of carbonyl (C=O) groups excluding carboxylic acids is 2. The predicted octanol–water partition coefficient (Wildman–Crippen LogP) is 2.79. The van der Waals surface area contributed by atoms with Gasteiger partial charge in [0.05, 0.1) is 6.10 Å². The van der Waals surface area contributed by atoms with Crippen LogP contribution in [0.4, 0.5) is 19.0 Å². The SMILES string of the molecule is CC[C@H]1O[C@@H](n2ccc(NC(=O)c3ccccc3)nc2=O)C(OCCCCCCNC(=O)C(F)(F)F)[C@H]1O. The van der Waals surface area contributed by atoms with E-state index in [1.807, 2.05) is 12.2 Å². The summed E-state index contributed by atoms with van der Waals surface area (Å²) in [6, 6.07) is 9.91. The molecular formula is C25H31F3N4O6. The smallest absolute Gasteiger partial charge is 0.388 e. The van der Waals surface area contributed by atoms with E-state index in [2.05, 4.69) is 10.3 Å². The lowest BCUT2D eigenvalue weighted by molar-refractivity contribution is -0.173. The normalized spacial score (nSPS) is 21.3. The van der Waals surface area contributed by atoms with Crippen LogP contribution < -0.4 is 16.3 Å². The molecule has 3 N–H and O–H groups in total. The van der Waals surface area contributed by atoms with Crippen LogP contribution >= 0.6 is 0 Å². The Hall–Kier alpha value is -3.29. The molecule has 0 spiro atoms. The van der Waals surface area contributed by atoms with E-state index >= 15 is 0 Å². The Balaban J connectivity index is 1.52. The minimum atomic E-state index is -4.89. The molecule has 2 amide bonds. The Morgan fingerprint density at radius 3 is 2.50 bits per heavy atom. The van der Waals surface area contributed by atoms with Gasteiger partial charge in [-0.25, -0.2) is 4.79 Å². The van der Waals surface area contributed by atoms with Gasteiger partial charge >= 0.3 is 17.8 Å². The number of benzene rings is 1. The first kappa shape index (κ1) is 29.3. The largest absolute Gasteiger partial charge is 0.471 e. The minimum Gasteiger partial charge on any atom is -0.388 e. The van der Waals surface area contributed by atoms with E-state index in [1.54, 1.807) is 30.3 Å². The Morgan fingerprint density at radius 1 is 1.13 bits per heavy atom. The van der Waals surface area contributed by atoms with Crippen molar-refractivity contribution >= 4 is 17.6 Å². The fourth-order valence-corrected chi connectivity index (χ4v) is 4.02. The minimum absolute atomic E-state index is 0.0644. The van der Waals surface area contributed by atoms with E-state index in [-0.39, 0.29) is 19.0 Å². The van der Waals surface area contributed by atoms with E-state index in [0.29, 0.717) is 37.7 Å². The highest BCUT2D eigenvalue weighted by Gasteiger charge is 2.45. The van der Waals surface area contributed by atoms with Crippen molar-refractivity contribution in [3.63, 3.8) is 0 Å². The fourth-order valence-electron chi connectivity index (χ4n) is 4.02.